The Hall–Kier alpha value is -0.530. The van der Waals surface area contributed by atoms with E-state index in [0.29, 0.717) is 0 Å². The number of rotatable bonds is 3. The molecule has 1 rings (SSSR count). The molecule has 0 aliphatic heterocycles. The van der Waals surface area contributed by atoms with E-state index >= 15 is 0 Å². The molecule has 0 aromatic carbocycles. The summed E-state index contributed by atoms with van der Waals surface area (Å²) in [6.45, 7) is 4.09. The van der Waals surface area contributed by atoms with Crippen LogP contribution in [-0.4, -0.2) is 11.9 Å². The number of nitrogens with zero attached hydrogens (tertiary/aromatic N) is 1. The third-order valence-corrected chi connectivity index (χ3v) is 2.89. The summed E-state index contributed by atoms with van der Waals surface area (Å²) in [4.78, 5) is 11.6. The van der Waals surface area contributed by atoms with E-state index < -0.39 is 0 Å². The van der Waals surface area contributed by atoms with Crippen LogP contribution in [0.25, 0.3) is 0 Å². The van der Waals surface area contributed by atoms with Crippen molar-refractivity contribution in [2.75, 3.05) is 0 Å². The molecule has 1 aliphatic rings. The van der Waals surface area contributed by atoms with Crippen LogP contribution in [0.5, 0.6) is 0 Å². The fourth-order valence-corrected chi connectivity index (χ4v) is 1.76. The average Bonchev–Trinajstić information content (AvgIpc) is 2.19. The lowest BCUT2D eigenvalue weighted by Gasteiger charge is -2.21. The molecule has 1 amide bonds. The van der Waals surface area contributed by atoms with Crippen LogP contribution in [0.1, 0.15) is 52.4 Å². The molecule has 0 spiro atoms. The van der Waals surface area contributed by atoms with Crippen molar-refractivity contribution in [2.45, 2.75) is 58.4 Å². The summed E-state index contributed by atoms with van der Waals surface area (Å²) in [6.07, 6.45) is 6.84. The monoisotopic (exact) mass is 182 g/mol. The molecule has 0 bridgehead atoms. The van der Waals surface area contributed by atoms with Gasteiger partial charge in [-0.1, -0.05) is 26.2 Å². The van der Waals surface area contributed by atoms with Gasteiger partial charge in [0.25, 0.3) is 0 Å². The van der Waals surface area contributed by atoms with E-state index in [9.17, 15) is 4.79 Å². The molecule has 75 valence electrons. The largest absolute Gasteiger partial charge is 0.273 e. The maximum Gasteiger partial charge on any atom is 0.244 e. The highest BCUT2D eigenvalue weighted by molar-refractivity contribution is 5.78. The minimum atomic E-state index is 0.161. The zero-order valence-electron chi connectivity index (χ0n) is 8.75. The van der Waals surface area contributed by atoms with E-state index in [4.69, 9.17) is 0 Å². The van der Waals surface area contributed by atoms with Crippen molar-refractivity contribution in [3.63, 3.8) is 0 Å². The van der Waals surface area contributed by atoms with Crippen LogP contribution < -0.4 is 5.32 Å². The van der Waals surface area contributed by atoms with Gasteiger partial charge in [-0.2, -0.15) is 0 Å². The Balaban J connectivity index is 2.29. The first-order valence-electron chi connectivity index (χ1n) is 5.48. The Morgan fingerprint density at radius 1 is 1.38 bits per heavy atom. The van der Waals surface area contributed by atoms with Crippen LogP contribution in [0.4, 0.5) is 0 Å². The number of hydrogen-bond acceptors (Lipinski definition) is 1. The molecule has 13 heavy (non-hydrogen) atoms. The van der Waals surface area contributed by atoms with E-state index in [1.165, 1.54) is 19.3 Å². The third-order valence-electron chi connectivity index (χ3n) is 2.89. The van der Waals surface area contributed by atoms with Crippen molar-refractivity contribution in [2.24, 2.45) is 5.92 Å². The molecule has 0 N–H and O–H groups in total. The summed E-state index contributed by atoms with van der Waals surface area (Å²) in [5, 5.41) is 4.18. The van der Waals surface area contributed by atoms with Crippen LogP contribution in [0.2, 0.25) is 0 Å². The third kappa shape index (κ3) is 3.37. The van der Waals surface area contributed by atoms with Gasteiger partial charge in [0.05, 0.1) is 6.04 Å². The highest BCUT2D eigenvalue weighted by Crippen LogP contribution is 2.24. The van der Waals surface area contributed by atoms with Gasteiger partial charge >= 0.3 is 0 Å². The van der Waals surface area contributed by atoms with Crippen LogP contribution in [-0.2, 0) is 4.79 Å². The van der Waals surface area contributed by atoms with Crippen molar-refractivity contribution in [1.29, 1.82) is 0 Å². The fourth-order valence-electron chi connectivity index (χ4n) is 1.76. The lowest BCUT2D eigenvalue weighted by molar-refractivity contribution is -0.126. The van der Waals surface area contributed by atoms with Crippen molar-refractivity contribution < 1.29 is 4.79 Å². The van der Waals surface area contributed by atoms with Gasteiger partial charge in [-0.05, 0) is 26.2 Å². The number of hydrogen-bond donors (Lipinski definition) is 0. The highest BCUT2D eigenvalue weighted by Gasteiger charge is 2.22. The van der Waals surface area contributed by atoms with Crippen LogP contribution in [0, 0.1) is 5.92 Å². The van der Waals surface area contributed by atoms with Crippen molar-refractivity contribution in [3.8, 4) is 0 Å². The average molecular weight is 182 g/mol. The number of carbonyl (C=O) groups excluding carboxylic acids is 1. The van der Waals surface area contributed by atoms with E-state index in [0.717, 1.165) is 19.3 Å². The van der Waals surface area contributed by atoms with E-state index in [1.54, 1.807) is 0 Å². The summed E-state index contributed by atoms with van der Waals surface area (Å²) in [6, 6.07) is 0.217. The first kappa shape index (κ1) is 10.6. The van der Waals surface area contributed by atoms with Gasteiger partial charge in [0.15, 0.2) is 0 Å². The lowest BCUT2D eigenvalue weighted by Crippen LogP contribution is -2.31. The minimum absolute atomic E-state index is 0.161. The molecule has 0 heterocycles. The van der Waals surface area contributed by atoms with Gasteiger partial charge in [0, 0.05) is 5.92 Å². The summed E-state index contributed by atoms with van der Waals surface area (Å²) >= 11 is 0. The molecule has 1 fully saturated rings. The van der Waals surface area contributed by atoms with Gasteiger partial charge in [0.1, 0.15) is 0 Å². The van der Waals surface area contributed by atoms with Gasteiger partial charge in [0.2, 0.25) is 5.91 Å². The predicted octanol–water partition coefficient (Wildman–Crippen LogP) is 2.50. The molecule has 0 aromatic rings. The SMILES string of the molecule is CCC(C)[N]C(=O)C1CCCCC1. The maximum atomic E-state index is 11.6. The second-order valence-electron chi connectivity index (χ2n) is 4.06. The topological polar surface area (TPSA) is 31.2 Å². The van der Waals surface area contributed by atoms with E-state index in [2.05, 4.69) is 12.2 Å². The number of carbonyl (C=O) groups is 1. The molecular weight excluding hydrogens is 162 g/mol. The zero-order valence-corrected chi connectivity index (χ0v) is 8.75. The predicted molar refractivity (Wildman–Crippen MR) is 53.5 cm³/mol. The molecule has 1 unspecified atom stereocenters. The Bertz CT molecular complexity index is 161. The molecule has 1 saturated carbocycles. The van der Waals surface area contributed by atoms with Crippen molar-refractivity contribution >= 4 is 5.91 Å². The zero-order chi connectivity index (χ0) is 9.68. The molecule has 1 atom stereocenters. The van der Waals surface area contributed by atoms with Gasteiger partial charge in [-0.25, -0.2) is 5.32 Å². The first-order valence-corrected chi connectivity index (χ1v) is 5.48. The summed E-state index contributed by atoms with van der Waals surface area (Å²) in [5.41, 5.74) is 0. The molecule has 2 nitrogen and oxygen atoms in total. The Morgan fingerprint density at radius 2 is 2.00 bits per heavy atom. The fraction of sp³-hybridized carbons (Fsp3) is 0.909. The van der Waals surface area contributed by atoms with E-state index in [1.807, 2.05) is 6.92 Å². The quantitative estimate of drug-likeness (QED) is 0.659. The maximum absolute atomic E-state index is 11.6. The minimum Gasteiger partial charge on any atom is -0.273 e. The molecule has 0 aromatic heterocycles. The molecule has 2 heteroatoms. The van der Waals surface area contributed by atoms with Crippen LogP contribution >= 0.6 is 0 Å². The summed E-state index contributed by atoms with van der Waals surface area (Å²) in [5.74, 6) is 0.414. The Morgan fingerprint density at radius 3 is 2.54 bits per heavy atom. The standard InChI is InChI=1S/C11H20NO/c1-3-9(2)12-11(13)10-7-5-4-6-8-10/h9-10H,3-8H2,1-2H3. The lowest BCUT2D eigenvalue weighted by atomic mass is 9.88. The van der Waals surface area contributed by atoms with Gasteiger partial charge in [-0.3, -0.25) is 4.79 Å². The first-order chi connectivity index (χ1) is 6.24. The van der Waals surface area contributed by atoms with Crippen LogP contribution in [0.15, 0.2) is 0 Å². The highest BCUT2D eigenvalue weighted by atomic mass is 16.1. The second-order valence-corrected chi connectivity index (χ2v) is 4.06. The van der Waals surface area contributed by atoms with Crippen molar-refractivity contribution in [3.05, 3.63) is 0 Å². The summed E-state index contributed by atoms with van der Waals surface area (Å²) < 4.78 is 0. The molecule has 1 aliphatic carbocycles. The summed E-state index contributed by atoms with van der Waals surface area (Å²) in [7, 11) is 0. The molecule has 0 saturated heterocycles. The van der Waals surface area contributed by atoms with Gasteiger partial charge in [-0.15, -0.1) is 0 Å². The Kier molecular flexibility index (Phi) is 4.26. The number of amides is 1. The second kappa shape index (κ2) is 5.25. The molecular formula is C11H20NO. The normalized spacial score (nSPS) is 21.1. The smallest absolute Gasteiger partial charge is 0.244 e. The Labute approximate surface area is 81.1 Å². The van der Waals surface area contributed by atoms with Crippen LogP contribution in [0.3, 0.4) is 0 Å². The molecule has 1 radical (unpaired) electrons. The van der Waals surface area contributed by atoms with E-state index in [-0.39, 0.29) is 17.9 Å². The van der Waals surface area contributed by atoms with Crippen molar-refractivity contribution in [1.82, 2.24) is 5.32 Å². The van der Waals surface area contributed by atoms with Gasteiger partial charge < -0.3 is 0 Å².